The lowest BCUT2D eigenvalue weighted by Crippen LogP contribution is -1.81. The van der Waals surface area contributed by atoms with Gasteiger partial charge in [-0.2, -0.15) is 0 Å². The zero-order chi connectivity index (χ0) is 6.99. The molecule has 0 aromatic heterocycles. The highest BCUT2D eigenvalue weighted by Crippen LogP contribution is 1.42. The lowest BCUT2D eigenvalue weighted by Gasteiger charge is -1.67. The Kier molecular flexibility index (Phi) is 11.4. The Morgan fingerprint density at radius 2 is 1.75 bits per heavy atom. The van der Waals surface area contributed by atoms with Gasteiger partial charge < -0.3 is 14.9 Å². The highest BCUT2D eigenvalue weighted by Gasteiger charge is 1.70. The van der Waals surface area contributed by atoms with Gasteiger partial charge in [-0.3, -0.25) is 4.79 Å². The molecule has 0 radical (unpaired) electrons. The first-order valence-electron chi connectivity index (χ1n) is 1.53. The van der Waals surface area contributed by atoms with E-state index in [0.717, 1.165) is 0 Å². The first-order chi connectivity index (χ1) is 3.65. The van der Waals surface area contributed by atoms with Gasteiger partial charge in [0.05, 0.1) is 7.11 Å². The van der Waals surface area contributed by atoms with Crippen molar-refractivity contribution in [3.63, 3.8) is 0 Å². The van der Waals surface area contributed by atoms with Gasteiger partial charge in [0.25, 0.3) is 6.47 Å². The molecule has 0 saturated carbocycles. The Morgan fingerprint density at radius 3 is 1.75 bits per heavy atom. The van der Waals surface area contributed by atoms with Gasteiger partial charge in [-0.15, -0.1) is 0 Å². The van der Waals surface area contributed by atoms with Gasteiger partial charge in [0.2, 0.25) is 0 Å². The molecule has 0 aromatic rings. The first-order valence-corrected chi connectivity index (χ1v) is 1.53. The van der Waals surface area contributed by atoms with E-state index in [1.54, 1.807) is 0 Å². The molecule has 0 aliphatic carbocycles. The fourth-order valence-electron chi connectivity index (χ4n) is 0. The fraction of sp³-hybridized carbons (Fsp3) is 0.333. The van der Waals surface area contributed by atoms with Crippen molar-refractivity contribution in [3.05, 3.63) is 0 Å². The average molecular weight is 122 g/mol. The summed E-state index contributed by atoms with van der Waals surface area (Å²) in [5.41, 5.74) is 0. The number of carbonyl (C=O) groups is 2. The summed E-state index contributed by atoms with van der Waals surface area (Å²) in [5, 5.41) is 13.9. The molecule has 0 unspecified atom stereocenters. The van der Waals surface area contributed by atoms with Crippen molar-refractivity contribution < 1.29 is 24.5 Å². The van der Waals surface area contributed by atoms with Crippen molar-refractivity contribution in [2.75, 3.05) is 7.11 Å². The van der Waals surface area contributed by atoms with Crippen molar-refractivity contribution in [3.8, 4) is 0 Å². The van der Waals surface area contributed by atoms with Crippen LogP contribution < -0.4 is 0 Å². The second-order valence-electron chi connectivity index (χ2n) is 0.615. The maximum Gasteiger partial charge on any atom is 0.503 e. The van der Waals surface area contributed by atoms with Crippen molar-refractivity contribution in [2.24, 2.45) is 0 Å². The minimum absolute atomic E-state index is 0.375. The molecule has 0 aromatic carbocycles. The Labute approximate surface area is 45.5 Å². The largest absolute Gasteiger partial charge is 0.503 e. The third-order valence-electron chi connectivity index (χ3n) is 0.0962. The van der Waals surface area contributed by atoms with Crippen LogP contribution in [0, 0.1) is 0 Å². The van der Waals surface area contributed by atoms with Crippen molar-refractivity contribution in [1.82, 2.24) is 0 Å². The Hall–Kier alpha value is -1.26. The first kappa shape index (κ1) is 9.88. The van der Waals surface area contributed by atoms with Gasteiger partial charge >= 0.3 is 6.16 Å². The van der Waals surface area contributed by atoms with E-state index in [0.29, 0.717) is 6.47 Å². The zero-order valence-electron chi connectivity index (χ0n) is 4.20. The number of ether oxygens (including phenoxy) is 1. The van der Waals surface area contributed by atoms with E-state index in [1.165, 1.54) is 7.11 Å². The molecule has 2 N–H and O–H groups in total. The standard InChI is InChI=1S/C2H4O2.CH2O3/c1-4-2-3;2-1(3)4/h2H,1H3;(H2,2,3,4). The summed E-state index contributed by atoms with van der Waals surface area (Å²) in [4.78, 5) is 17.5. The molecule has 0 bridgehead atoms. The van der Waals surface area contributed by atoms with E-state index < -0.39 is 6.16 Å². The molecule has 0 atom stereocenters. The Bertz CT molecular complexity index is 64.1. The predicted octanol–water partition coefficient (Wildman–Crippen LogP) is 0.0116. The highest BCUT2D eigenvalue weighted by atomic mass is 16.6. The Morgan fingerprint density at radius 1 is 1.62 bits per heavy atom. The van der Waals surface area contributed by atoms with Gasteiger partial charge in [0.1, 0.15) is 0 Å². The van der Waals surface area contributed by atoms with Crippen LogP contribution in [0.25, 0.3) is 0 Å². The molecule has 0 rings (SSSR count). The third kappa shape index (κ3) is 981. The summed E-state index contributed by atoms with van der Waals surface area (Å²) in [6.45, 7) is 0.375. The molecule has 0 aliphatic heterocycles. The molecule has 0 amide bonds. The monoisotopic (exact) mass is 122 g/mol. The molecule has 0 saturated heterocycles. The van der Waals surface area contributed by atoms with Gasteiger partial charge in [-0.25, -0.2) is 4.79 Å². The smallest absolute Gasteiger partial charge is 0.471 e. The van der Waals surface area contributed by atoms with Crippen molar-refractivity contribution in [1.29, 1.82) is 0 Å². The number of carboxylic acid groups (broad SMARTS) is 2. The minimum Gasteiger partial charge on any atom is -0.471 e. The van der Waals surface area contributed by atoms with Gasteiger partial charge in [0, 0.05) is 0 Å². The number of carbonyl (C=O) groups excluding carboxylic acids is 1. The summed E-state index contributed by atoms with van der Waals surface area (Å²) in [7, 11) is 1.31. The van der Waals surface area contributed by atoms with Crippen LogP contribution in [0.15, 0.2) is 0 Å². The average Bonchev–Trinajstić information content (AvgIpc) is 1.65. The number of hydrogen-bond donors (Lipinski definition) is 2. The minimum atomic E-state index is -1.83. The molecule has 0 fully saturated rings. The third-order valence-corrected chi connectivity index (χ3v) is 0.0962. The molecular formula is C3H6O5. The summed E-state index contributed by atoms with van der Waals surface area (Å²) in [6, 6.07) is 0. The predicted molar refractivity (Wildman–Crippen MR) is 23.7 cm³/mol. The number of hydrogen-bond acceptors (Lipinski definition) is 3. The molecule has 0 heterocycles. The van der Waals surface area contributed by atoms with Crippen LogP contribution in [0.3, 0.4) is 0 Å². The van der Waals surface area contributed by atoms with E-state index in [9.17, 15) is 0 Å². The van der Waals surface area contributed by atoms with Gasteiger partial charge in [-0.05, 0) is 0 Å². The second kappa shape index (κ2) is 9.22. The van der Waals surface area contributed by atoms with Crippen LogP contribution >= 0.6 is 0 Å². The van der Waals surface area contributed by atoms with Crippen LogP contribution in [0.1, 0.15) is 0 Å². The molecular weight excluding hydrogens is 116 g/mol. The van der Waals surface area contributed by atoms with E-state index >= 15 is 0 Å². The van der Waals surface area contributed by atoms with Gasteiger partial charge in [-0.1, -0.05) is 0 Å². The molecule has 8 heavy (non-hydrogen) atoms. The maximum atomic E-state index is 8.95. The van der Waals surface area contributed by atoms with Crippen LogP contribution in [0.5, 0.6) is 0 Å². The normalized spacial score (nSPS) is 5.62. The van der Waals surface area contributed by atoms with Gasteiger partial charge in [0.15, 0.2) is 0 Å². The van der Waals surface area contributed by atoms with Crippen molar-refractivity contribution >= 4 is 12.6 Å². The number of rotatable bonds is 1. The molecule has 48 valence electrons. The molecule has 0 aliphatic rings. The van der Waals surface area contributed by atoms with Crippen LogP contribution in [0.4, 0.5) is 4.79 Å². The quantitative estimate of drug-likeness (QED) is 0.478. The van der Waals surface area contributed by atoms with Crippen LogP contribution in [-0.2, 0) is 9.53 Å². The van der Waals surface area contributed by atoms with E-state index in [4.69, 9.17) is 19.8 Å². The topological polar surface area (TPSA) is 83.8 Å². The Balaban J connectivity index is 0. The van der Waals surface area contributed by atoms with Crippen LogP contribution in [-0.4, -0.2) is 30.0 Å². The van der Waals surface area contributed by atoms with Crippen molar-refractivity contribution in [2.45, 2.75) is 0 Å². The molecule has 5 heteroatoms. The summed E-state index contributed by atoms with van der Waals surface area (Å²) < 4.78 is 3.86. The number of methoxy groups -OCH3 is 1. The lowest BCUT2D eigenvalue weighted by molar-refractivity contribution is -0.126. The highest BCUT2D eigenvalue weighted by molar-refractivity contribution is 5.53. The summed E-state index contributed by atoms with van der Waals surface area (Å²) in [6.07, 6.45) is -1.83. The van der Waals surface area contributed by atoms with E-state index in [-0.39, 0.29) is 0 Å². The van der Waals surface area contributed by atoms with E-state index in [1.807, 2.05) is 0 Å². The lowest BCUT2D eigenvalue weighted by atomic mass is 11.5. The zero-order valence-corrected chi connectivity index (χ0v) is 4.20. The molecule has 5 nitrogen and oxygen atoms in total. The molecule has 0 spiro atoms. The fourth-order valence-corrected chi connectivity index (χ4v) is 0. The maximum absolute atomic E-state index is 8.95. The SMILES string of the molecule is COC=O.O=C(O)O. The second-order valence-corrected chi connectivity index (χ2v) is 0.615. The van der Waals surface area contributed by atoms with Crippen LogP contribution in [0.2, 0.25) is 0 Å². The summed E-state index contributed by atoms with van der Waals surface area (Å²) >= 11 is 0. The summed E-state index contributed by atoms with van der Waals surface area (Å²) in [5.74, 6) is 0. The van der Waals surface area contributed by atoms with E-state index in [2.05, 4.69) is 4.74 Å².